The summed E-state index contributed by atoms with van der Waals surface area (Å²) in [4.78, 5) is 25.8. The van der Waals surface area contributed by atoms with E-state index in [9.17, 15) is 9.59 Å². The van der Waals surface area contributed by atoms with Crippen molar-refractivity contribution < 1.29 is 9.59 Å². The molecule has 0 fully saturated rings. The van der Waals surface area contributed by atoms with Crippen LogP contribution in [0.4, 0.5) is 0 Å². The van der Waals surface area contributed by atoms with Crippen LogP contribution in [0.25, 0.3) is 0 Å². The van der Waals surface area contributed by atoms with Gasteiger partial charge in [0.05, 0.1) is 13.0 Å². The maximum absolute atomic E-state index is 12.3. The minimum absolute atomic E-state index is 0.0381. The molecule has 0 unspecified atom stereocenters. The fourth-order valence-electron chi connectivity index (χ4n) is 1.90. The van der Waals surface area contributed by atoms with Crippen LogP contribution in [-0.2, 0) is 16.0 Å². The number of hydrogen-bond acceptors (Lipinski definition) is 2. The molecule has 0 spiro atoms. The van der Waals surface area contributed by atoms with E-state index < -0.39 is 0 Å². The van der Waals surface area contributed by atoms with Crippen molar-refractivity contribution in [3.63, 3.8) is 0 Å². The van der Waals surface area contributed by atoms with Gasteiger partial charge >= 0.3 is 0 Å². The van der Waals surface area contributed by atoms with Crippen LogP contribution in [0.2, 0.25) is 0 Å². The predicted molar refractivity (Wildman–Crippen MR) is 88.0 cm³/mol. The van der Waals surface area contributed by atoms with Gasteiger partial charge in [0.1, 0.15) is 0 Å². The minimum atomic E-state index is -0.286. The van der Waals surface area contributed by atoms with Crippen molar-refractivity contribution in [2.75, 3.05) is 13.1 Å². The van der Waals surface area contributed by atoms with Crippen molar-refractivity contribution in [1.29, 1.82) is 0 Å². The molecule has 1 N–H and O–H groups in total. The van der Waals surface area contributed by atoms with Crippen LogP contribution in [0.5, 0.6) is 0 Å². The molecular weight excluding hydrogens is 332 g/mol. The van der Waals surface area contributed by atoms with Gasteiger partial charge in [-0.25, -0.2) is 0 Å². The molecule has 0 heterocycles. The predicted octanol–water partition coefficient (Wildman–Crippen LogP) is 2.75. The third kappa shape index (κ3) is 6.76. The Hall–Kier alpha value is -1.36. The third-order valence-electron chi connectivity index (χ3n) is 2.85. The van der Waals surface area contributed by atoms with E-state index in [1.165, 1.54) is 0 Å². The first kappa shape index (κ1) is 17.7. The summed E-state index contributed by atoms with van der Waals surface area (Å²) in [6.07, 6.45) is 0.309. The van der Waals surface area contributed by atoms with E-state index in [-0.39, 0.29) is 23.9 Å². The van der Waals surface area contributed by atoms with E-state index in [1.807, 2.05) is 52.0 Å². The number of amides is 2. The highest BCUT2D eigenvalue weighted by molar-refractivity contribution is 9.10. The zero-order valence-corrected chi connectivity index (χ0v) is 14.7. The standard InChI is InChI=1S/C16H23BrN2O2/c1-5-19(11-14(20)18-16(2,3)4)15(21)10-12-6-8-13(17)9-7-12/h6-9H,5,10-11H2,1-4H3,(H,18,20). The largest absolute Gasteiger partial charge is 0.350 e. The van der Waals surface area contributed by atoms with E-state index >= 15 is 0 Å². The third-order valence-corrected chi connectivity index (χ3v) is 3.38. The second-order valence-electron chi connectivity index (χ2n) is 6.01. The molecule has 4 nitrogen and oxygen atoms in total. The lowest BCUT2D eigenvalue weighted by molar-refractivity contribution is -0.135. The van der Waals surface area contributed by atoms with Gasteiger partial charge in [0.2, 0.25) is 11.8 Å². The smallest absolute Gasteiger partial charge is 0.240 e. The van der Waals surface area contributed by atoms with Gasteiger partial charge in [-0.2, -0.15) is 0 Å². The van der Waals surface area contributed by atoms with E-state index in [2.05, 4.69) is 21.2 Å². The molecule has 0 atom stereocenters. The Morgan fingerprint density at radius 1 is 1.19 bits per heavy atom. The summed E-state index contributed by atoms with van der Waals surface area (Å²) in [6, 6.07) is 7.63. The summed E-state index contributed by atoms with van der Waals surface area (Å²) < 4.78 is 0.982. The lowest BCUT2D eigenvalue weighted by Gasteiger charge is -2.25. The molecule has 0 bridgehead atoms. The van der Waals surface area contributed by atoms with Gasteiger partial charge in [0.15, 0.2) is 0 Å². The van der Waals surface area contributed by atoms with Gasteiger partial charge in [-0.15, -0.1) is 0 Å². The summed E-state index contributed by atoms with van der Waals surface area (Å²) in [5.74, 6) is -0.169. The molecule has 1 aromatic rings. The summed E-state index contributed by atoms with van der Waals surface area (Å²) >= 11 is 3.37. The highest BCUT2D eigenvalue weighted by Gasteiger charge is 2.19. The van der Waals surface area contributed by atoms with Crippen molar-refractivity contribution in [2.45, 2.75) is 39.7 Å². The van der Waals surface area contributed by atoms with Gasteiger partial charge in [0, 0.05) is 16.6 Å². The molecule has 116 valence electrons. The SMILES string of the molecule is CCN(CC(=O)NC(C)(C)C)C(=O)Cc1ccc(Br)cc1. The van der Waals surface area contributed by atoms with Crippen LogP contribution in [0.1, 0.15) is 33.3 Å². The molecule has 1 rings (SSSR count). The van der Waals surface area contributed by atoms with E-state index in [4.69, 9.17) is 0 Å². The molecule has 0 radical (unpaired) electrons. The Kier molecular flexibility index (Phi) is 6.40. The molecule has 0 saturated heterocycles. The molecule has 1 aromatic carbocycles. The molecule has 0 saturated carbocycles. The Bertz CT molecular complexity index is 492. The zero-order valence-electron chi connectivity index (χ0n) is 13.1. The lowest BCUT2D eigenvalue weighted by Crippen LogP contribution is -2.47. The number of likely N-dealkylation sites (N-methyl/N-ethyl adjacent to an activating group) is 1. The summed E-state index contributed by atoms with van der Waals surface area (Å²) in [5, 5.41) is 2.87. The van der Waals surface area contributed by atoms with Crippen LogP contribution in [0, 0.1) is 0 Å². The number of benzene rings is 1. The number of nitrogens with zero attached hydrogens (tertiary/aromatic N) is 1. The molecule has 5 heteroatoms. The zero-order chi connectivity index (χ0) is 16.0. The van der Waals surface area contributed by atoms with Gasteiger partial charge in [-0.3, -0.25) is 9.59 Å². The van der Waals surface area contributed by atoms with E-state index in [1.54, 1.807) is 4.90 Å². The van der Waals surface area contributed by atoms with Gasteiger partial charge in [-0.1, -0.05) is 28.1 Å². The Labute approximate surface area is 135 Å². The second-order valence-corrected chi connectivity index (χ2v) is 6.93. The number of hydrogen-bond donors (Lipinski definition) is 1. The minimum Gasteiger partial charge on any atom is -0.350 e. The molecule has 0 aliphatic rings. The lowest BCUT2D eigenvalue weighted by atomic mass is 10.1. The fourth-order valence-corrected chi connectivity index (χ4v) is 2.16. The Balaban J connectivity index is 2.61. The van der Waals surface area contributed by atoms with Crippen molar-refractivity contribution in [2.24, 2.45) is 0 Å². The summed E-state index contributed by atoms with van der Waals surface area (Å²) in [6.45, 7) is 8.26. The van der Waals surface area contributed by atoms with Crippen LogP contribution in [0.3, 0.4) is 0 Å². The van der Waals surface area contributed by atoms with Gasteiger partial charge < -0.3 is 10.2 Å². The Morgan fingerprint density at radius 2 is 1.76 bits per heavy atom. The number of carbonyl (C=O) groups is 2. The van der Waals surface area contributed by atoms with Crippen molar-refractivity contribution >= 4 is 27.7 Å². The average Bonchev–Trinajstić information content (AvgIpc) is 2.36. The first-order chi connectivity index (χ1) is 9.71. The van der Waals surface area contributed by atoms with Gasteiger partial charge in [0.25, 0.3) is 0 Å². The van der Waals surface area contributed by atoms with Crippen LogP contribution in [0.15, 0.2) is 28.7 Å². The quantitative estimate of drug-likeness (QED) is 0.883. The highest BCUT2D eigenvalue weighted by Crippen LogP contribution is 2.11. The summed E-state index contributed by atoms with van der Waals surface area (Å²) in [7, 11) is 0. The molecule has 0 aliphatic heterocycles. The number of rotatable bonds is 5. The van der Waals surface area contributed by atoms with E-state index in [0.29, 0.717) is 13.0 Å². The van der Waals surface area contributed by atoms with E-state index in [0.717, 1.165) is 10.0 Å². The monoisotopic (exact) mass is 354 g/mol. The fraction of sp³-hybridized carbons (Fsp3) is 0.500. The highest BCUT2D eigenvalue weighted by atomic mass is 79.9. The van der Waals surface area contributed by atoms with Gasteiger partial charge in [-0.05, 0) is 45.4 Å². The number of nitrogens with one attached hydrogen (secondary N) is 1. The van der Waals surface area contributed by atoms with Crippen LogP contribution >= 0.6 is 15.9 Å². The van der Waals surface area contributed by atoms with Crippen molar-refractivity contribution in [3.8, 4) is 0 Å². The first-order valence-electron chi connectivity index (χ1n) is 7.04. The second kappa shape index (κ2) is 7.59. The summed E-state index contributed by atoms with van der Waals surface area (Å²) in [5.41, 5.74) is 0.656. The topological polar surface area (TPSA) is 49.4 Å². The molecular formula is C16H23BrN2O2. The maximum atomic E-state index is 12.3. The normalized spacial score (nSPS) is 11.1. The van der Waals surface area contributed by atoms with Crippen LogP contribution < -0.4 is 5.32 Å². The average molecular weight is 355 g/mol. The first-order valence-corrected chi connectivity index (χ1v) is 7.84. The number of carbonyl (C=O) groups excluding carboxylic acids is 2. The molecule has 2 amide bonds. The van der Waals surface area contributed by atoms with Crippen molar-refractivity contribution in [3.05, 3.63) is 34.3 Å². The van der Waals surface area contributed by atoms with Crippen molar-refractivity contribution in [1.82, 2.24) is 10.2 Å². The molecule has 21 heavy (non-hydrogen) atoms. The molecule has 0 aliphatic carbocycles. The Morgan fingerprint density at radius 3 is 2.24 bits per heavy atom. The number of halogens is 1. The maximum Gasteiger partial charge on any atom is 0.240 e. The van der Waals surface area contributed by atoms with Crippen LogP contribution in [-0.4, -0.2) is 35.3 Å². The molecule has 0 aromatic heterocycles.